The molecule has 2 aromatic rings. The number of hydrogen-bond acceptors (Lipinski definition) is 3. The van der Waals surface area contributed by atoms with Crippen molar-refractivity contribution in [3.8, 4) is 5.75 Å². The van der Waals surface area contributed by atoms with E-state index in [1.807, 2.05) is 6.07 Å². The van der Waals surface area contributed by atoms with Gasteiger partial charge in [-0.1, -0.05) is 49.0 Å². The highest BCUT2D eigenvalue weighted by atomic mass is 16.5. The Morgan fingerprint density at radius 1 is 1.00 bits per heavy atom. The maximum atomic E-state index is 11.4. The van der Waals surface area contributed by atoms with Gasteiger partial charge >= 0.3 is 5.97 Å². The molecule has 28 heavy (non-hydrogen) atoms. The molecular weight excluding hydrogens is 348 g/mol. The Balaban J connectivity index is 1.73. The second kappa shape index (κ2) is 9.93. The second-order valence-electron chi connectivity index (χ2n) is 7.19. The van der Waals surface area contributed by atoms with E-state index in [0.717, 1.165) is 18.6 Å². The van der Waals surface area contributed by atoms with Crippen LogP contribution in [-0.2, 0) is 16.0 Å². The molecule has 0 heterocycles. The van der Waals surface area contributed by atoms with E-state index in [2.05, 4.69) is 55.1 Å². The quantitative estimate of drug-likeness (QED) is 0.346. The molecule has 0 fully saturated rings. The predicted octanol–water partition coefficient (Wildman–Crippen LogP) is 5.84. The first-order valence-electron chi connectivity index (χ1n) is 9.98. The lowest BCUT2D eigenvalue weighted by molar-refractivity contribution is -0.139. The summed E-state index contributed by atoms with van der Waals surface area (Å²) in [6.45, 7) is 6.08. The van der Waals surface area contributed by atoms with Gasteiger partial charge in [-0.15, -0.1) is 0 Å². The molecule has 146 valence electrons. The van der Waals surface area contributed by atoms with Crippen LogP contribution in [0.3, 0.4) is 0 Å². The largest absolute Gasteiger partial charge is 0.493 e. The van der Waals surface area contributed by atoms with Crippen LogP contribution in [0.1, 0.15) is 49.3 Å². The van der Waals surface area contributed by atoms with Crippen LogP contribution in [0.2, 0.25) is 0 Å². The van der Waals surface area contributed by atoms with Crippen molar-refractivity contribution < 1.29 is 14.3 Å². The van der Waals surface area contributed by atoms with E-state index in [9.17, 15) is 4.79 Å². The maximum absolute atomic E-state index is 11.4. The van der Waals surface area contributed by atoms with Crippen LogP contribution in [0.4, 0.5) is 0 Å². The van der Waals surface area contributed by atoms with Gasteiger partial charge in [-0.25, -0.2) is 4.79 Å². The average Bonchev–Trinajstić information content (AvgIpc) is 2.69. The van der Waals surface area contributed by atoms with Crippen LogP contribution in [-0.4, -0.2) is 19.2 Å². The van der Waals surface area contributed by atoms with Crippen molar-refractivity contribution in [2.24, 2.45) is 0 Å². The lowest BCUT2D eigenvalue weighted by Crippen LogP contribution is -2.10. The van der Waals surface area contributed by atoms with Crippen molar-refractivity contribution in [3.63, 3.8) is 0 Å². The lowest BCUT2D eigenvalue weighted by Gasteiger charge is -2.18. The number of esters is 1. The molecular formula is C25H28O3. The number of fused-ring (bicyclic) bond motifs is 1. The fourth-order valence-electron chi connectivity index (χ4n) is 3.38. The Bertz CT molecular complexity index is 849. The van der Waals surface area contributed by atoms with Crippen molar-refractivity contribution in [2.45, 2.75) is 39.0 Å². The first-order chi connectivity index (χ1) is 13.6. The smallest absolute Gasteiger partial charge is 0.333 e. The third kappa shape index (κ3) is 5.35. The van der Waals surface area contributed by atoms with Gasteiger partial charge in [-0.05, 0) is 61.4 Å². The molecule has 0 aliphatic heterocycles. The minimum Gasteiger partial charge on any atom is -0.493 e. The minimum atomic E-state index is -0.347. The molecule has 3 rings (SSSR count). The zero-order valence-electron chi connectivity index (χ0n) is 16.6. The SMILES string of the molecule is C=C(C)C(=O)OCCCOc1cccc2c1/C=C(/c1ccccc1)CCCC2. The van der Waals surface area contributed by atoms with Crippen molar-refractivity contribution in [1.29, 1.82) is 0 Å². The molecule has 0 atom stereocenters. The van der Waals surface area contributed by atoms with Gasteiger partial charge in [0.25, 0.3) is 0 Å². The van der Waals surface area contributed by atoms with Crippen LogP contribution < -0.4 is 4.74 Å². The summed E-state index contributed by atoms with van der Waals surface area (Å²) < 4.78 is 11.2. The summed E-state index contributed by atoms with van der Waals surface area (Å²) in [5, 5.41) is 0. The Labute approximate surface area is 167 Å². The first kappa shape index (κ1) is 19.9. The highest BCUT2D eigenvalue weighted by Gasteiger charge is 2.13. The Kier molecular flexibility index (Phi) is 7.07. The number of carbonyl (C=O) groups excluding carboxylic acids is 1. The summed E-state index contributed by atoms with van der Waals surface area (Å²) in [7, 11) is 0. The van der Waals surface area contributed by atoms with E-state index in [-0.39, 0.29) is 5.97 Å². The number of carbonyl (C=O) groups is 1. The molecule has 0 saturated heterocycles. The summed E-state index contributed by atoms with van der Waals surface area (Å²) in [6.07, 6.45) is 7.46. The summed E-state index contributed by atoms with van der Waals surface area (Å²) in [5.74, 6) is 0.555. The van der Waals surface area contributed by atoms with Gasteiger partial charge in [0.15, 0.2) is 0 Å². The maximum Gasteiger partial charge on any atom is 0.333 e. The standard InChI is InChI=1S/C25H28O3/c1-19(2)25(26)28-17-9-16-27-24-15-8-14-21-12-6-7-13-22(18-23(21)24)20-10-4-3-5-11-20/h3-5,8,10-11,14-15,18H,1,6-7,9,12-13,16-17H2,2H3/b22-18+. The van der Waals surface area contributed by atoms with Crippen molar-refractivity contribution in [2.75, 3.05) is 13.2 Å². The molecule has 3 heteroatoms. The minimum absolute atomic E-state index is 0.339. The van der Waals surface area contributed by atoms with E-state index in [1.54, 1.807) is 6.92 Å². The second-order valence-corrected chi connectivity index (χ2v) is 7.19. The van der Waals surface area contributed by atoms with Crippen LogP contribution >= 0.6 is 0 Å². The highest BCUT2D eigenvalue weighted by molar-refractivity contribution is 5.87. The van der Waals surface area contributed by atoms with E-state index in [0.29, 0.717) is 25.2 Å². The molecule has 1 aliphatic rings. The number of aryl methyl sites for hydroxylation is 1. The monoisotopic (exact) mass is 376 g/mol. The molecule has 0 unspecified atom stereocenters. The molecule has 0 radical (unpaired) electrons. The fraction of sp³-hybridized carbons (Fsp3) is 0.320. The van der Waals surface area contributed by atoms with E-state index >= 15 is 0 Å². The zero-order chi connectivity index (χ0) is 19.8. The zero-order valence-corrected chi connectivity index (χ0v) is 16.6. The van der Waals surface area contributed by atoms with Gasteiger partial charge in [-0.2, -0.15) is 0 Å². The summed E-state index contributed by atoms with van der Waals surface area (Å²) >= 11 is 0. The molecule has 0 amide bonds. The summed E-state index contributed by atoms with van der Waals surface area (Å²) in [4.78, 5) is 11.4. The normalized spacial score (nSPS) is 15.4. The van der Waals surface area contributed by atoms with Crippen molar-refractivity contribution in [3.05, 3.63) is 77.4 Å². The van der Waals surface area contributed by atoms with E-state index < -0.39 is 0 Å². The molecule has 3 nitrogen and oxygen atoms in total. The third-order valence-electron chi connectivity index (χ3n) is 4.89. The summed E-state index contributed by atoms with van der Waals surface area (Å²) in [5.41, 5.74) is 5.56. The Morgan fingerprint density at radius 3 is 2.57 bits per heavy atom. The first-order valence-corrected chi connectivity index (χ1v) is 9.98. The molecule has 0 bridgehead atoms. The van der Waals surface area contributed by atoms with Gasteiger partial charge < -0.3 is 9.47 Å². The average molecular weight is 376 g/mol. The molecule has 0 spiro atoms. The highest BCUT2D eigenvalue weighted by Crippen LogP contribution is 2.33. The number of hydrogen-bond donors (Lipinski definition) is 0. The molecule has 1 aliphatic carbocycles. The number of rotatable bonds is 7. The number of allylic oxidation sites excluding steroid dienone is 1. The van der Waals surface area contributed by atoms with Gasteiger partial charge in [0.05, 0.1) is 13.2 Å². The number of ether oxygens (including phenoxy) is 2. The van der Waals surface area contributed by atoms with Gasteiger partial charge in [0.2, 0.25) is 0 Å². The fourth-order valence-corrected chi connectivity index (χ4v) is 3.38. The molecule has 0 aromatic heterocycles. The van der Waals surface area contributed by atoms with Crippen LogP contribution in [0, 0.1) is 0 Å². The predicted molar refractivity (Wildman–Crippen MR) is 114 cm³/mol. The van der Waals surface area contributed by atoms with E-state index in [4.69, 9.17) is 9.47 Å². The van der Waals surface area contributed by atoms with Gasteiger partial charge in [0, 0.05) is 17.6 Å². The molecule has 0 N–H and O–H groups in total. The van der Waals surface area contributed by atoms with Crippen LogP contribution in [0.25, 0.3) is 11.6 Å². The molecule has 0 saturated carbocycles. The van der Waals surface area contributed by atoms with Crippen LogP contribution in [0.5, 0.6) is 5.75 Å². The van der Waals surface area contributed by atoms with Crippen molar-refractivity contribution >= 4 is 17.6 Å². The van der Waals surface area contributed by atoms with E-state index in [1.165, 1.54) is 35.1 Å². The Morgan fingerprint density at radius 2 is 1.79 bits per heavy atom. The van der Waals surface area contributed by atoms with Gasteiger partial charge in [-0.3, -0.25) is 0 Å². The topological polar surface area (TPSA) is 35.5 Å². The summed E-state index contributed by atoms with van der Waals surface area (Å²) in [6, 6.07) is 16.9. The third-order valence-corrected chi connectivity index (χ3v) is 4.89. The number of benzene rings is 2. The van der Waals surface area contributed by atoms with Crippen molar-refractivity contribution in [1.82, 2.24) is 0 Å². The lowest BCUT2D eigenvalue weighted by atomic mass is 9.90. The molecule has 2 aromatic carbocycles. The van der Waals surface area contributed by atoms with Gasteiger partial charge in [0.1, 0.15) is 5.75 Å². The van der Waals surface area contributed by atoms with Crippen LogP contribution in [0.15, 0.2) is 60.7 Å². The Hall–Kier alpha value is -2.81.